The molecule has 1 atom stereocenters. The quantitative estimate of drug-likeness (QED) is 0.794. The number of carbonyl (C=O) groups is 2. The van der Waals surface area contributed by atoms with Crippen molar-refractivity contribution in [1.29, 1.82) is 0 Å². The van der Waals surface area contributed by atoms with Crippen molar-refractivity contribution in [3.8, 4) is 0 Å². The number of nitrogens with one attached hydrogen (secondary N) is 1. The number of carboxylic acids is 1. The van der Waals surface area contributed by atoms with E-state index in [1.807, 2.05) is 44.2 Å². The van der Waals surface area contributed by atoms with E-state index in [4.69, 9.17) is 5.11 Å². The number of hydrogen-bond acceptors (Lipinski definition) is 2. The molecular weight excluding hydrogens is 242 g/mol. The van der Waals surface area contributed by atoms with Gasteiger partial charge in [-0.3, -0.25) is 9.59 Å². The summed E-state index contributed by atoms with van der Waals surface area (Å²) in [5, 5.41) is 11.8. The van der Waals surface area contributed by atoms with Gasteiger partial charge in [0.15, 0.2) is 0 Å². The van der Waals surface area contributed by atoms with Gasteiger partial charge in [-0.05, 0) is 11.5 Å². The molecule has 1 amide bonds. The third kappa shape index (κ3) is 6.04. The van der Waals surface area contributed by atoms with E-state index in [0.717, 1.165) is 5.56 Å². The Hall–Kier alpha value is -1.84. The Balaban J connectivity index is 2.65. The smallest absolute Gasteiger partial charge is 0.303 e. The van der Waals surface area contributed by atoms with E-state index >= 15 is 0 Å². The molecule has 0 unspecified atom stereocenters. The second kappa shape index (κ2) is 7.56. The third-order valence-electron chi connectivity index (χ3n) is 2.83. The van der Waals surface area contributed by atoms with E-state index in [-0.39, 0.29) is 24.7 Å². The van der Waals surface area contributed by atoms with Gasteiger partial charge in [-0.2, -0.15) is 0 Å². The first-order valence-corrected chi connectivity index (χ1v) is 6.52. The number of carboxylic acid groups (broad SMARTS) is 1. The van der Waals surface area contributed by atoms with Gasteiger partial charge >= 0.3 is 5.97 Å². The van der Waals surface area contributed by atoms with Gasteiger partial charge in [0.05, 0.1) is 6.42 Å². The number of carbonyl (C=O) groups excluding carboxylic acids is 1. The summed E-state index contributed by atoms with van der Waals surface area (Å²) in [6, 6.07) is 9.32. The van der Waals surface area contributed by atoms with Crippen LogP contribution in [0.4, 0.5) is 0 Å². The van der Waals surface area contributed by atoms with Crippen molar-refractivity contribution in [2.45, 2.75) is 32.6 Å². The third-order valence-corrected chi connectivity index (χ3v) is 2.83. The monoisotopic (exact) mass is 263 g/mol. The largest absolute Gasteiger partial charge is 0.481 e. The standard InChI is InChI=1S/C15H21NO3/c1-11(2)10-16-14(17)8-13(9-15(18)19)12-6-4-3-5-7-12/h3-7,11,13H,8-10H2,1-2H3,(H,16,17)(H,18,19)/t13-/m0/s1. The van der Waals surface area contributed by atoms with E-state index < -0.39 is 5.97 Å². The van der Waals surface area contributed by atoms with E-state index in [1.54, 1.807) is 0 Å². The normalized spacial score (nSPS) is 12.2. The molecule has 0 radical (unpaired) electrons. The van der Waals surface area contributed by atoms with Crippen molar-refractivity contribution in [3.63, 3.8) is 0 Å². The zero-order chi connectivity index (χ0) is 14.3. The van der Waals surface area contributed by atoms with Gasteiger partial charge in [-0.15, -0.1) is 0 Å². The number of rotatable bonds is 7. The number of aliphatic carboxylic acids is 1. The lowest BCUT2D eigenvalue weighted by Gasteiger charge is -2.15. The molecule has 2 N–H and O–H groups in total. The summed E-state index contributed by atoms with van der Waals surface area (Å²) < 4.78 is 0. The van der Waals surface area contributed by atoms with Crippen LogP contribution in [0, 0.1) is 5.92 Å². The average molecular weight is 263 g/mol. The summed E-state index contributed by atoms with van der Waals surface area (Å²) in [4.78, 5) is 22.7. The molecule has 1 aromatic rings. The molecule has 0 aliphatic heterocycles. The van der Waals surface area contributed by atoms with E-state index in [0.29, 0.717) is 12.5 Å². The fourth-order valence-corrected chi connectivity index (χ4v) is 1.86. The molecule has 0 heterocycles. The van der Waals surface area contributed by atoms with Crippen LogP contribution in [0.25, 0.3) is 0 Å². The maximum atomic E-state index is 11.8. The lowest BCUT2D eigenvalue weighted by molar-refractivity contribution is -0.137. The number of amides is 1. The molecular formula is C15H21NO3. The molecule has 0 bridgehead atoms. The SMILES string of the molecule is CC(C)CNC(=O)C[C@@H](CC(=O)O)c1ccccc1. The Kier molecular flexibility index (Phi) is 6.06. The highest BCUT2D eigenvalue weighted by Gasteiger charge is 2.19. The van der Waals surface area contributed by atoms with Crippen LogP contribution in [0.15, 0.2) is 30.3 Å². The minimum atomic E-state index is -0.884. The minimum absolute atomic E-state index is 0.0287. The summed E-state index contributed by atoms with van der Waals surface area (Å²) >= 11 is 0. The molecule has 1 rings (SSSR count). The molecule has 19 heavy (non-hydrogen) atoms. The van der Waals surface area contributed by atoms with Crippen LogP contribution in [-0.2, 0) is 9.59 Å². The summed E-state index contributed by atoms with van der Waals surface area (Å²) in [5.74, 6) is -0.862. The highest BCUT2D eigenvalue weighted by atomic mass is 16.4. The maximum Gasteiger partial charge on any atom is 0.303 e. The van der Waals surface area contributed by atoms with Crippen LogP contribution in [0.2, 0.25) is 0 Å². The molecule has 0 aliphatic carbocycles. The molecule has 0 spiro atoms. The summed E-state index contributed by atoms with van der Waals surface area (Å²) in [7, 11) is 0. The summed E-state index contributed by atoms with van der Waals surface area (Å²) in [6.07, 6.45) is 0.183. The van der Waals surface area contributed by atoms with E-state index in [1.165, 1.54) is 0 Å². The second-order valence-corrected chi connectivity index (χ2v) is 5.11. The molecule has 0 aliphatic rings. The van der Waals surface area contributed by atoms with Gasteiger partial charge in [0.25, 0.3) is 0 Å². The van der Waals surface area contributed by atoms with Crippen LogP contribution in [0.5, 0.6) is 0 Å². The first-order valence-electron chi connectivity index (χ1n) is 6.52. The van der Waals surface area contributed by atoms with Gasteiger partial charge in [0.2, 0.25) is 5.91 Å². The van der Waals surface area contributed by atoms with Gasteiger partial charge < -0.3 is 10.4 Å². The molecule has 0 saturated carbocycles. The molecule has 4 heteroatoms. The first kappa shape index (κ1) is 15.2. The van der Waals surface area contributed by atoms with E-state index in [2.05, 4.69) is 5.32 Å². The van der Waals surface area contributed by atoms with Crippen LogP contribution in [0.3, 0.4) is 0 Å². The number of benzene rings is 1. The van der Waals surface area contributed by atoms with Crippen LogP contribution < -0.4 is 5.32 Å². The molecule has 4 nitrogen and oxygen atoms in total. The highest BCUT2D eigenvalue weighted by Crippen LogP contribution is 2.23. The summed E-state index contributed by atoms with van der Waals surface area (Å²) in [5.41, 5.74) is 0.893. The zero-order valence-electron chi connectivity index (χ0n) is 11.4. The van der Waals surface area contributed by atoms with Crippen molar-refractivity contribution in [1.82, 2.24) is 5.32 Å². The van der Waals surface area contributed by atoms with Crippen LogP contribution >= 0.6 is 0 Å². The zero-order valence-corrected chi connectivity index (χ0v) is 11.4. The van der Waals surface area contributed by atoms with Crippen molar-refractivity contribution >= 4 is 11.9 Å². The Morgan fingerprint density at radius 2 is 1.79 bits per heavy atom. The number of hydrogen-bond donors (Lipinski definition) is 2. The Morgan fingerprint density at radius 3 is 2.32 bits per heavy atom. The van der Waals surface area contributed by atoms with E-state index in [9.17, 15) is 9.59 Å². The maximum absolute atomic E-state index is 11.8. The fraction of sp³-hybridized carbons (Fsp3) is 0.467. The molecule has 1 aromatic carbocycles. The van der Waals surface area contributed by atoms with Crippen LogP contribution in [-0.4, -0.2) is 23.5 Å². The first-order chi connectivity index (χ1) is 8.99. The molecule has 0 fully saturated rings. The van der Waals surface area contributed by atoms with Crippen LogP contribution in [0.1, 0.15) is 38.2 Å². The average Bonchev–Trinajstić information content (AvgIpc) is 2.36. The Bertz CT molecular complexity index is 415. The van der Waals surface area contributed by atoms with Crippen molar-refractivity contribution in [2.75, 3.05) is 6.54 Å². The Morgan fingerprint density at radius 1 is 1.16 bits per heavy atom. The predicted molar refractivity (Wildman–Crippen MR) is 73.9 cm³/mol. The molecule has 0 saturated heterocycles. The second-order valence-electron chi connectivity index (χ2n) is 5.11. The lowest BCUT2D eigenvalue weighted by atomic mass is 9.92. The minimum Gasteiger partial charge on any atom is -0.481 e. The van der Waals surface area contributed by atoms with Crippen molar-refractivity contribution in [2.24, 2.45) is 5.92 Å². The Labute approximate surface area is 113 Å². The van der Waals surface area contributed by atoms with Crippen molar-refractivity contribution < 1.29 is 14.7 Å². The highest BCUT2D eigenvalue weighted by molar-refractivity contribution is 5.78. The topological polar surface area (TPSA) is 66.4 Å². The van der Waals surface area contributed by atoms with Crippen molar-refractivity contribution in [3.05, 3.63) is 35.9 Å². The predicted octanol–water partition coefficient (Wildman–Crippen LogP) is 2.41. The fourth-order valence-electron chi connectivity index (χ4n) is 1.86. The lowest BCUT2D eigenvalue weighted by Crippen LogP contribution is -2.29. The van der Waals surface area contributed by atoms with Gasteiger partial charge in [-0.25, -0.2) is 0 Å². The van der Waals surface area contributed by atoms with Gasteiger partial charge in [-0.1, -0.05) is 44.2 Å². The van der Waals surface area contributed by atoms with Gasteiger partial charge in [0.1, 0.15) is 0 Å². The van der Waals surface area contributed by atoms with Gasteiger partial charge in [0, 0.05) is 18.9 Å². The molecule has 0 aromatic heterocycles. The summed E-state index contributed by atoms with van der Waals surface area (Å²) in [6.45, 7) is 4.66. The molecule has 104 valence electrons.